The van der Waals surface area contributed by atoms with E-state index in [0.29, 0.717) is 26.4 Å². The Labute approximate surface area is 146 Å². The summed E-state index contributed by atoms with van der Waals surface area (Å²) in [6, 6.07) is 10.2. The fourth-order valence-electron chi connectivity index (χ4n) is 2.50. The van der Waals surface area contributed by atoms with Crippen molar-refractivity contribution in [2.24, 2.45) is 0 Å². The Hall–Kier alpha value is -2.57. The van der Waals surface area contributed by atoms with Crippen molar-refractivity contribution in [2.75, 3.05) is 26.9 Å². The molecule has 5 nitrogen and oxygen atoms in total. The first-order valence-electron chi connectivity index (χ1n) is 8.08. The maximum Gasteiger partial charge on any atom is 0.123 e. The van der Waals surface area contributed by atoms with Crippen LogP contribution in [0.5, 0.6) is 0 Å². The number of halogens is 1. The Morgan fingerprint density at radius 2 is 1.72 bits per heavy atom. The zero-order valence-corrected chi connectivity index (χ0v) is 14.1. The average Bonchev–Trinajstić information content (AvgIpc) is 3.07. The van der Waals surface area contributed by atoms with Gasteiger partial charge in [-0.05, 0) is 42.0 Å². The van der Waals surface area contributed by atoms with Crippen molar-refractivity contribution in [1.29, 1.82) is 0 Å². The van der Waals surface area contributed by atoms with Gasteiger partial charge in [-0.2, -0.15) is 5.10 Å². The summed E-state index contributed by atoms with van der Waals surface area (Å²) in [5, 5.41) is 4.67. The van der Waals surface area contributed by atoms with Crippen LogP contribution < -0.4 is 0 Å². The lowest BCUT2D eigenvalue weighted by atomic mass is 10.0. The second-order valence-corrected chi connectivity index (χ2v) is 5.50. The number of rotatable bonds is 8. The Bertz CT molecular complexity index is 788. The van der Waals surface area contributed by atoms with Gasteiger partial charge >= 0.3 is 0 Å². The zero-order chi connectivity index (χ0) is 17.5. The Morgan fingerprint density at radius 1 is 0.960 bits per heavy atom. The van der Waals surface area contributed by atoms with Gasteiger partial charge < -0.3 is 9.47 Å². The molecule has 0 N–H and O–H groups in total. The molecule has 6 heteroatoms. The quantitative estimate of drug-likeness (QED) is 0.589. The number of benzene rings is 1. The first-order chi connectivity index (χ1) is 12.3. The fourth-order valence-corrected chi connectivity index (χ4v) is 2.50. The molecule has 0 spiro atoms. The molecule has 1 aromatic carbocycles. The maximum atomic E-state index is 13.2. The van der Waals surface area contributed by atoms with E-state index < -0.39 is 0 Å². The van der Waals surface area contributed by atoms with Crippen LogP contribution in [0.1, 0.15) is 0 Å². The van der Waals surface area contributed by atoms with E-state index in [1.54, 1.807) is 31.6 Å². The van der Waals surface area contributed by atoms with E-state index in [9.17, 15) is 4.39 Å². The lowest BCUT2D eigenvalue weighted by Gasteiger charge is -2.03. The molecule has 0 unspecified atom stereocenters. The molecule has 0 aliphatic carbocycles. The summed E-state index contributed by atoms with van der Waals surface area (Å²) in [5.74, 6) is -0.264. The van der Waals surface area contributed by atoms with Crippen LogP contribution in [0.2, 0.25) is 0 Å². The molecule has 0 radical (unpaired) electrons. The highest BCUT2D eigenvalue weighted by Crippen LogP contribution is 2.30. The van der Waals surface area contributed by atoms with Gasteiger partial charge in [-0.1, -0.05) is 0 Å². The monoisotopic (exact) mass is 341 g/mol. The van der Waals surface area contributed by atoms with E-state index in [2.05, 4.69) is 10.1 Å². The van der Waals surface area contributed by atoms with Crippen molar-refractivity contribution >= 4 is 0 Å². The number of pyridine rings is 1. The molecule has 0 fully saturated rings. The maximum absolute atomic E-state index is 13.2. The van der Waals surface area contributed by atoms with E-state index >= 15 is 0 Å². The number of methoxy groups -OCH3 is 1. The smallest absolute Gasteiger partial charge is 0.123 e. The highest BCUT2D eigenvalue weighted by molar-refractivity contribution is 5.80. The summed E-state index contributed by atoms with van der Waals surface area (Å²) in [5.41, 5.74) is 3.67. The van der Waals surface area contributed by atoms with Crippen LogP contribution in [-0.4, -0.2) is 41.7 Å². The number of nitrogens with zero attached hydrogens (tertiary/aromatic N) is 3. The minimum absolute atomic E-state index is 0.264. The Morgan fingerprint density at radius 3 is 2.44 bits per heavy atom. The highest BCUT2D eigenvalue weighted by Gasteiger charge is 2.13. The third-order valence-corrected chi connectivity index (χ3v) is 3.77. The third kappa shape index (κ3) is 4.49. The largest absolute Gasteiger partial charge is 0.382 e. The van der Waals surface area contributed by atoms with E-state index in [0.717, 1.165) is 22.4 Å². The highest BCUT2D eigenvalue weighted by atomic mass is 19.1. The van der Waals surface area contributed by atoms with Gasteiger partial charge in [0, 0.05) is 36.8 Å². The topological polar surface area (TPSA) is 49.2 Å². The molecule has 0 atom stereocenters. The first kappa shape index (κ1) is 17.3. The Kier molecular flexibility index (Phi) is 5.87. The zero-order valence-electron chi connectivity index (χ0n) is 14.1. The summed E-state index contributed by atoms with van der Waals surface area (Å²) in [7, 11) is 1.65. The number of ether oxygens (including phenoxy) is 2. The number of hydrogen-bond acceptors (Lipinski definition) is 4. The van der Waals surface area contributed by atoms with E-state index in [1.165, 1.54) is 12.1 Å². The van der Waals surface area contributed by atoms with Crippen molar-refractivity contribution in [3.05, 3.63) is 60.8 Å². The van der Waals surface area contributed by atoms with E-state index in [1.807, 2.05) is 23.0 Å². The summed E-state index contributed by atoms with van der Waals surface area (Å²) in [6.45, 7) is 2.30. The van der Waals surface area contributed by atoms with Crippen LogP contribution in [0.4, 0.5) is 4.39 Å². The molecule has 0 amide bonds. The third-order valence-electron chi connectivity index (χ3n) is 3.77. The van der Waals surface area contributed by atoms with E-state index in [4.69, 9.17) is 9.47 Å². The summed E-state index contributed by atoms with van der Waals surface area (Å²) < 4.78 is 25.6. The predicted molar refractivity (Wildman–Crippen MR) is 93.5 cm³/mol. The molecule has 0 aliphatic rings. The van der Waals surface area contributed by atoms with Crippen LogP contribution in [0.25, 0.3) is 22.4 Å². The van der Waals surface area contributed by atoms with Gasteiger partial charge in [0.05, 0.1) is 26.4 Å². The predicted octanol–water partition coefficient (Wildman–Crippen LogP) is 3.41. The van der Waals surface area contributed by atoms with Crippen molar-refractivity contribution in [3.8, 4) is 22.4 Å². The molecule has 130 valence electrons. The summed E-state index contributed by atoms with van der Waals surface area (Å²) in [6.07, 6.45) is 5.47. The van der Waals surface area contributed by atoms with Crippen LogP contribution in [0, 0.1) is 5.82 Å². The van der Waals surface area contributed by atoms with Crippen molar-refractivity contribution in [2.45, 2.75) is 6.54 Å². The molecule has 0 saturated carbocycles. The molecule has 0 bridgehead atoms. The van der Waals surface area contributed by atoms with Gasteiger partial charge in [-0.25, -0.2) is 4.39 Å². The van der Waals surface area contributed by atoms with Gasteiger partial charge in [-0.3, -0.25) is 9.67 Å². The minimum atomic E-state index is -0.264. The lowest BCUT2D eigenvalue weighted by Crippen LogP contribution is -2.09. The lowest BCUT2D eigenvalue weighted by molar-refractivity contribution is 0.0654. The van der Waals surface area contributed by atoms with Gasteiger partial charge in [-0.15, -0.1) is 0 Å². The molecule has 0 saturated heterocycles. The second-order valence-electron chi connectivity index (χ2n) is 5.50. The standard InChI is InChI=1S/C19H20FN3O2/c1-24-12-13-25-11-10-23-14-18(15-6-8-21-9-7-15)19(22-23)16-2-4-17(20)5-3-16/h2-9,14H,10-13H2,1H3. The fraction of sp³-hybridized carbons (Fsp3) is 0.263. The molecule has 2 heterocycles. The van der Waals surface area contributed by atoms with Crippen molar-refractivity contribution in [3.63, 3.8) is 0 Å². The van der Waals surface area contributed by atoms with Crippen molar-refractivity contribution in [1.82, 2.24) is 14.8 Å². The molecular weight excluding hydrogens is 321 g/mol. The van der Waals surface area contributed by atoms with Gasteiger partial charge in [0.25, 0.3) is 0 Å². The average molecular weight is 341 g/mol. The molecule has 3 aromatic rings. The normalized spacial score (nSPS) is 11.0. The van der Waals surface area contributed by atoms with Gasteiger partial charge in [0.15, 0.2) is 0 Å². The van der Waals surface area contributed by atoms with Crippen LogP contribution in [-0.2, 0) is 16.0 Å². The molecule has 3 rings (SSSR count). The molecule has 2 aromatic heterocycles. The van der Waals surface area contributed by atoms with E-state index in [-0.39, 0.29) is 5.82 Å². The molecule has 0 aliphatic heterocycles. The summed E-state index contributed by atoms with van der Waals surface area (Å²) in [4.78, 5) is 4.06. The molecular formula is C19H20FN3O2. The SMILES string of the molecule is COCCOCCn1cc(-c2ccncc2)c(-c2ccc(F)cc2)n1. The van der Waals surface area contributed by atoms with Crippen LogP contribution >= 0.6 is 0 Å². The number of hydrogen-bond donors (Lipinski definition) is 0. The summed E-state index contributed by atoms with van der Waals surface area (Å²) >= 11 is 0. The van der Waals surface area contributed by atoms with Gasteiger partial charge in [0.1, 0.15) is 11.5 Å². The van der Waals surface area contributed by atoms with Crippen molar-refractivity contribution < 1.29 is 13.9 Å². The van der Waals surface area contributed by atoms with Crippen LogP contribution in [0.3, 0.4) is 0 Å². The first-order valence-corrected chi connectivity index (χ1v) is 8.08. The Balaban J connectivity index is 1.85. The van der Waals surface area contributed by atoms with Crippen LogP contribution in [0.15, 0.2) is 55.0 Å². The second kappa shape index (κ2) is 8.50. The number of aromatic nitrogens is 3. The minimum Gasteiger partial charge on any atom is -0.382 e. The van der Waals surface area contributed by atoms with Gasteiger partial charge in [0.2, 0.25) is 0 Å². The molecule has 25 heavy (non-hydrogen) atoms.